The molecule has 12 nitrogen and oxygen atoms in total. The van der Waals surface area contributed by atoms with Crippen molar-refractivity contribution >= 4 is 34.3 Å². The average molecular weight is 867 g/mol. The molecule has 0 fully saturated rings. The number of halogens is 6. The third kappa shape index (κ3) is 11.0. The molecule has 0 bridgehead atoms. The number of aryl methyl sites for hydroxylation is 4. The van der Waals surface area contributed by atoms with E-state index in [-0.39, 0.29) is 28.7 Å². The Kier molecular flexibility index (Phi) is 13.9. The Morgan fingerprint density at radius 3 is 1.94 bits per heavy atom. The van der Waals surface area contributed by atoms with Crippen molar-refractivity contribution in [3.05, 3.63) is 130 Å². The minimum Gasteiger partial charge on any atom is -0.354 e. The lowest BCUT2D eigenvalue weighted by atomic mass is 9.89. The standard InChI is InChI=1S/C45H44F6N12/c1-11-12-14-32-17-18-33(43-60-29(7)57-30(8)61-43)21-39(32)63(62(10)31(9)55-26(4)53)40-22-35(41-36(44(46,47)48)15-13-16-37(41)45(49,50)51)34(23-52)20-38(40)54-25(3)19-24(2)42-58-27(5)56-28(6)59-42/h11-13,15-22,53-54H,3,14H2,1-2,4-10H3/b12-11-,24-19+,53-26?,55-31-. The summed E-state index contributed by atoms with van der Waals surface area (Å²) >= 11 is 0. The van der Waals surface area contributed by atoms with E-state index >= 15 is 0 Å². The van der Waals surface area contributed by atoms with Crippen LogP contribution in [-0.4, -0.2) is 53.6 Å². The molecule has 2 N–H and O–H groups in total. The molecule has 0 saturated heterocycles. The zero-order chi connectivity index (χ0) is 46.6. The first-order chi connectivity index (χ1) is 29.5. The van der Waals surface area contributed by atoms with E-state index in [2.05, 4.69) is 46.8 Å². The Hall–Kier alpha value is -7.29. The lowest BCUT2D eigenvalue weighted by Crippen LogP contribution is -2.41. The molecule has 2 heterocycles. The zero-order valence-corrected chi connectivity index (χ0v) is 36.0. The molecular formula is C45H44F6N12. The van der Waals surface area contributed by atoms with Crippen molar-refractivity contribution in [1.82, 2.24) is 34.9 Å². The van der Waals surface area contributed by atoms with Crippen molar-refractivity contribution in [2.45, 2.75) is 74.2 Å². The molecule has 0 atom stereocenters. The number of rotatable bonds is 11. The first-order valence-electron chi connectivity index (χ1n) is 19.3. The van der Waals surface area contributed by atoms with Gasteiger partial charge in [0.05, 0.1) is 39.8 Å². The molecular weight excluding hydrogens is 823 g/mol. The SMILES string of the molecule is C=C(/C=C(\C)c1nc(C)nc(C)n1)Nc1cc(C#N)c(-c2c(C(F)(F)F)cccc2C(F)(F)F)cc1N(c1cc(-c2nc(C)nc(C)n2)ccc1C/C=C\C)N(C)/C(C)=N\C(C)=N. The number of nitrogens with one attached hydrogen (secondary N) is 2. The van der Waals surface area contributed by atoms with Crippen LogP contribution in [0.2, 0.25) is 0 Å². The molecule has 63 heavy (non-hydrogen) atoms. The van der Waals surface area contributed by atoms with E-state index in [0.717, 1.165) is 6.07 Å². The number of hydrogen-bond donors (Lipinski definition) is 2. The second-order valence-electron chi connectivity index (χ2n) is 14.4. The second-order valence-corrected chi connectivity index (χ2v) is 14.4. The van der Waals surface area contributed by atoms with Crippen LogP contribution in [0.5, 0.6) is 0 Å². The van der Waals surface area contributed by atoms with Crippen LogP contribution >= 0.6 is 0 Å². The molecule has 5 rings (SSSR count). The molecule has 5 aromatic rings. The number of aromatic nitrogens is 6. The lowest BCUT2D eigenvalue weighted by Gasteiger charge is -2.38. The molecule has 0 aliphatic heterocycles. The van der Waals surface area contributed by atoms with Gasteiger partial charge in [-0.05, 0) is 109 Å². The van der Waals surface area contributed by atoms with Crippen LogP contribution in [-0.2, 0) is 18.8 Å². The predicted molar refractivity (Wildman–Crippen MR) is 232 cm³/mol. The molecule has 0 spiro atoms. The summed E-state index contributed by atoms with van der Waals surface area (Å²) in [5.74, 6) is 2.55. The van der Waals surface area contributed by atoms with Gasteiger partial charge in [0, 0.05) is 29.4 Å². The first kappa shape index (κ1) is 46.8. The number of benzene rings is 3. The number of allylic oxidation sites excluding steroid dienone is 4. The Labute approximate surface area is 361 Å². The van der Waals surface area contributed by atoms with Gasteiger partial charge in [-0.25, -0.2) is 34.9 Å². The molecule has 0 saturated carbocycles. The molecule has 0 unspecified atom stereocenters. The highest BCUT2D eigenvalue weighted by molar-refractivity contribution is 5.96. The van der Waals surface area contributed by atoms with Gasteiger partial charge in [0.1, 0.15) is 35.0 Å². The normalized spacial score (nSPS) is 12.3. The average Bonchev–Trinajstić information content (AvgIpc) is 3.18. The van der Waals surface area contributed by atoms with E-state index in [1.54, 1.807) is 72.9 Å². The number of aliphatic imine (C=N–C) groups is 1. The van der Waals surface area contributed by atoms with Crippen molar-refractivity contribution in [2.75, 3.05) is 17.4 Å². The van der Waals surface area contributed by atoms with Gasteiger partial charge < -0.3 is 5.32 Å². The van der Waals surface area contributed by atoms with Crippen molar-refractivity contribution in [3.63, 3.8) is 0 Å². The van der Waals surface area contributed by atoms with Gasteiger partial charge in [-0.15, -0.1) is 0 Å². The van der Waals surface area contributed by atoms with Crippen molar-refractivity contribution in [1.29, 1.82) is 10.7 Å². The highest BCUT2D eigenvalue weighted by Gasteiger charge is 2.42. The first-order valence-corrected chi connectivity index (χ1v) is 19.3. The summed E-state index contributed by atoms with van der Waals surface area (Å²) in [6.07, 6.45) is -4.93. The van der Waals surface area contributed by atoms with Crippen LogP contribution < -0.4 is 10.3 Å². The number of nitrogens with zero attached hydrogens (tertiary/aromatic N) is 10. The third-order valence-electron chi connectivity index (χ3n) is 9.43. The fraction of sp³-hybridized carbons (Fsp3) is 0.267. The Morgan fingerprint density at radius 2 is 1.41 bits per heavy atom. The van der Waals surface area contributed by atoms with Crippen molar-refractivity contribution in [2.24, 2.45) is 4.99 Å². The summed E-state index contributed by atoms with van der Waals surface area (Å²) in [4.78, 5) is 30.7. The van der Waals surface area contributed by atoms with Gasteiger partial charge in [0.15, 0.2) is 11.6 Å². The summed E-state index contributed by atoms with van der Waals surface area (Å²) < 4.78 is 89.1. The summed E-state index contributed by atoms with van der Waals surface area (Å²) in [5, 5.41) is 24.9. The summed E-state index contributed by atoms with van der Waals surface area (Å²) in [6, 6.07) is 11.2. The minimum atomic E-state index is -5.27. The van der Waals surface area contributed by atoms with E-state index in [4.69, 9.17) is 5.41 Å². The topological polar surface area (TPSA) is 156 Å². The predicted octanol–water partition coefficient (Wildman–Crippen LogP) is 11.1. The van der Waals surface area contributed by atoms with Gasteiger partial charge in [0.25, 0.3) is 0 Å². The lowest BCUT2D eigenvalue weighted by molar-refractivity contribution is -0.142. The van der Waals surface area contributed by atoms with Crippen molar-refractivity contribution < 1.29 is 26.3 Å². The molecule has 0 amide bonds. The fourth-order valence-corrected chi connectivity index (χ4v) is 6.78. The number of amidine groups is 2. The summed E-state index contributed by atoms with van der Waals surface area (Å²) in [6.45, 7) is 17.5. The third-order valence-corrected chi connectivity index (χ3v) is 9.43. The highest BCUT2D eigenvalue weighted by atomic mass is 19.4. The molecule has 18 heteroatoms. The van der Waals surface area contributed by atoms with Crippen LogP contribution in [0.1, 0.15) is 79.1 Å². The van der Waals surface area contributed by atoms with Crippen molar-refractivity contribution in [3.8, 4) is 28.6 Å². The largest absolute Gasteiger partial charge is 0.417 e. The van der Waals surface area contributed by atoms with Gasteiger partial charge in [0.2, 0.25) is 0 Å². The van der Waals surface area contributed by atoms with Crippen LogP contribution in [0.15, 0.2) is 84.0 Å². The van der Waals surface area contributed by atoms with Crippen LogP contribution in [0.4, 0.5) is 43.4 Å². The maximum Gasteiger partial charge on any atom is 0.417 e. The molecule has 0 aliphatic rings. The number of anilines is 3. The molecule has 3 aromatic carbocycles. The minimum absolute atomic E-state index is 0.0327. The summed E-state index contributed by atoms with van der Waals surface area (Å²) in [7, 11) is 1.57. The summed E-state index contributed by atoms with van der Waals surface area (Å²) in [5.41, 5.74) is -3.35. The molecule has 2 aromatic heterocycles. The second kappa shape index (κ2) is 18.8. The van der Waals surface area contributed by atoms with E-state index in [1.165, 1.54) is 23.0 Å². The van der Waals surface area contributed by atoms with Crippen LogP contribution in [0, 0.1) is 44.4 Å². The maximum absolute atomic E-state index is 14.8. The molecule has 0 aliphatic carbocycles. The highest BCUT2D eigenvalue weighted by Crippen LogP contribution is 2.48. The van der Waals surface area contributed by atoms with E-state index < -0.39 is 40.2 Å². The number of nitriles is 1. The van der Waals surface area contributed by atoms with E-state index in [9.17, 15) is 31.6 Å². The van der Waals surface area contributed by atoms with Gasteiger partial charge in [-0.1, -0.05) is 36.9 Å². The van der Waals surface area contributed by atoms with E-state index in [0.29, 0.717) is 82.0 Å². The smallest absolute Gasteiger partial charge is 0.354 e. The molecule has 0 radical (unpaired) electrons. The van der Waals surface area contributed by atoms with Gasteiger partial charge in [-0.2, -0.15) is 31.6 Å². The van der Waals surface area contributed by atoms with Gasteiger partial charge in [-0.3, -0.25) is 15.4 Å². The fourth-order valence-electron chi connectivity index (χ4n) is 6.78. The number of hydrazine groups is 1. The number of alkyl halides is 6. The Balaban J connectivity index is 1.96. The van der Waals surface area contributed by atoms with Crippen LogP contribution in [0.3, 0.4) is 0 Å². The number of hydrogen-bond acceptors (Lipinski definition) is 10. The maximum atomic E-state index is 14.8. The monoisotopic (exact) mass is 866 g/mol. The van der Waals surface area contributed by atoms with Crippen LogP contribution in [0.25, 0.3) is 28.1 Å². The zero-order valence-electron chi connectivity index (χ0n) is 36.0. The van der Waals surface area contributed by atoms with E-state index in [1.807, 2.05) is 25.1 Å². The molecule has 326 valence electrons. The van der Waals surface area contributed by atoms with Gasteiger partial charge >= 0.3 is 12.4 Å². The Bertz CT molecular complexity index is 2650. The Morgan fingerprint density at radius 1 is 0.841 bits per heavy atom. The quantitative estimate of drug-likeness (QED) is 0.0327.